The van der Waals surface area contributed by atoms with Gasteiger partial charge in [0.05, 0.1) is 0 Å². The molecule has 0 fully saturated rings. The van der Waals surface area contributed by atoms with Crippen LogP contribution in [0.4, 0.5) is 11.4 Å². The summed E-state index contributed by atoms with van der Waals surface area (Å²) in [5, 5.41) is 3.31. The Morgan fingerprint density at radius 2 is 1.45 bits per heavy atom. The van der Waals surface area contributed by atoms with E-state index in [1.165, 1.54) is 22.5 Å². The third-order valence-corrected chi connectivity index (χ3v) is 4.11. The van der Waals surface area contributed by atoms with Crippen LogP contribution in [0.5, 0.6) is 0 Å². The summed E-state index contributed by atoms with van der Waals surface area (Å²) in [4.78, 5) is 2.49. The van der Waals surface area contributed by atoms with Crippen LogP contribution >= 0.6 is 0 Å². The Labute approximate surface area is 121 Å². The molecule has 1 unspecified atom stereocenters. The van der Waals surface area contributed by atoms with E-state index in [-0.39, 0.29) is 0 Å². The van der Waals surface area contributed by atoms with E-state index >= 15 is 0 Å². The second-order valence-electron chi connectivity index (χ2n) is 5.53. The van der Waals surface area contributed by atoms with E-state index in [4.69, 9.17) is 0 Å². The van der Waals surface area contributed by atoms with E-state index in [0.717, 1.165) is 19.4 Å². The number of hydrogen-bond acceptors (Lipinski definition) is 2. The lowest BCUT2D eigenvalue weighted by molar-refractivity contribution is 0.647. The summed E-state index contributed by atoms with van der Waals surface area (Å²) in [7, 11) is 2.02. The van der Waals surface area contributed by atoms with Gasteiger partial charge in [0.1, 0.15) is 0 Å². The van der Waals surface area contributed by atoms with Crippen LogP contribution in [0.25, 0.3) is 0 Å². The molecule has 0 bridgehead atoms. The molecule has 2 aromatic carbocycles. The highest BCUT2D eigenvalue weighted by Crippen LogP contribution is 2.37. The van der Waals surface area contributed by atoms with Crippen molar-refractivity contribution in [2.45, 2.75) is 25.8 Å². The van der Waals surface area contributed by atoms with Crippen molar-refractivity contribution in [1.82, 2.24) is 5.32 Å². The number of aryl methyl sites for hydroxylation is 2. The van der Waals surface area contributed by atoms with Gasteiger partial charge in [-0.1, -0.05) is 36.4 Å². The molecule has 20 heavy (non-hydrogen) atoms. The molecule has 0 aliphatic carbocycles. The van der Waals surface area contributed by atoms with Crippen LogP contribution in [0.1, 0.15) is 18.1 Å². The molecule has 0 saturated heterocycles. The lowest BCUT2D eigenvalue weighted by Gasteiger charge is -2.33. The highest BCUT2D eigenvalue weighted by atomic mass is 15.2. The Kier molecular flexibility index (Phi) is 3.75. The summed E-state index contributed by atoms with van der Waals surface area (Å²) in [6, 6.07) is 18.1. The molecule has 0 aromatic heterocycles. The zero-order valence-electron chi connectivity index (χ0n) is 12.3. The van der Waals surface area contributed by atoms with Gasteiger partial charge in [0.15, 0.2) is 0 Å². The van der Waals surface area contributed by atoms with Gasteiger partial charge in [0, 0.05) is 24.0 Å². The monoisotopic (exact) mass is 266 g/mol. The minimum Gasteiger partial charge on any atom is -0.337 e. The molecule has 0 radical (unpaired) electrons. The summed E-state index contributed by atoms with van der Waals surface area (Å²) in [5.41, 5.74) is 5.62. The van der Waals surface area contributed by atoms with Crippen molar-refractivity contribution in [3.63, 3.8) is 0 Å². The number of hydrogen-bond donors (Lipinski definition) is 1. The SMILES string of the molecule is CNCC(C)N1c2ccccc2CCc2ccccc21. The van der Waals surface area contributed by atoms with Crippen LogP contribution in [0.15, 0.2) is 48.5 Å². The summed E-state index contributed by atoms with van der Waals surface area (Å²) in [5.74, 6) is 0. The summed E-state index contributed by atoms with van der Waals surface area (Å²) < 4.78 is 0. The van der Waals surface area contributed by atoms with Crippen LogP contribution in [0, 0.1) is 0 Å². The largest absolute Gasteiger partial charge is 0.337 e. The topological polar surface area (TPSA) is 15.3 Å². The second kappa shape index (κ2) is 5.68. The van der Waals surface area contributed by atoms with E-state index in [1.54, 1.807) is 0 Å². The molecule has 0 amide bonds. The van der Waals surface area contributed by atoms with Gasteiger partial charge in [0.25, 0.3) is 0 Å². The van der Waals surface area contributed by atoms with Crippen molar-refractivity contribution in [2.24, 2.45) is 0 Å². The molecule has 104 valence electrons. The fourth-order valence-electron chi connectivity index (χ4n) is 3.18. The zero-order chi connectivity index (χ0) is 13.9. The number of rotatable bonds is 3. The molecular weight excluding hydrogens is 244 g/mol. The van der Waals surface area contributed by atoms with Crippen molar-refractivity contribution in [3.05, 3.63) is 59.7 Å². The first-order valence-corrected chi connectivity index (χ1v) is 7.41. The van der Waals surface area contributed by atoms with Crippen molar-refractivity contribution < 1.29 is 0 Å². The van der Waals surface area contributed by atoms with Gasteiger partial charge in [-0.05, 0) is 50.1 Å². The van der Waals surface area contributed by atoms with Gasteiger partial charge in [-0.25, -0.2) is 0 Å². The Morgan fingerprint density at radius 3 is 1.95 bits per heavy atom. The van der Waals surface area contributed by atoms with Crippen molar-refractivity contribution in [1.29, 1.82) is 0 Å². The maximum absolute atomic E-state index is 3.31. The molecule has 2 aromatic rings. The number of nitrogens with one attached hydrogen (secondary N) is 1. The molecular formula is C18H22N2. The average molecular weight is 266 g/mol. The second-order valence-corrected chi connectivity index (χ2v) is 5.53. The lowest BCUT2D eigenvalue weighted by atomic mass is 10.0. The predicted octanol–water partition coefficient (Wildman–Crippen LogP) is 3.53. The molecule has 1 aliphatic heterocycles. The summed E-state index contributed by atoms with van der Waals surface area (Å²) >= 11 is 0. The van der Waals surface area contributed by atoms with Crippen LogP contribution in [0.2, 0.25) is 0 Å². The third kappa shape index (κ3) is 2.32. The molecule has 2 nitrogen and oxygen atoms in total. The van der Waals surface area contributed by atoms with Crippen molar-refractivity contribution in [2.75, 3.05) is 18.5 Å². The normalized spacial score (nSPS) is 15.2. The zero-order valence-corrected chi connectivity index (χ0v) is 12.3. The summed E-state index contributed by atoms with van der Waals surface area (Å²) in [6.07, 6.45) is 2.24. The summed E-state index contributed by atoms with van der Waals surface area (Å²) in [6.45, 7) is 3.26. The molecule has 3 rings (SSSR count). The van der Waals surface area contributed by atoms with E-state index in [1.807, 2.05) is 7.05 Å². The number of nitrogens with zero attached hydrogens (tertiary/aromatic N) is 1. The predicted molar refractivity (Wildman–Crippen MR) is 85.8 cm³/mol. The van der Waals surface area contributed by atoms with Gasteiger partial charge in [-0.15, -0.1) is 0 Å². The third-order valence-electron chi connectivity index (χ3n) is 4.11. The van der Waals surface area contributed by atoms with E-state index in [0.29, 0.717) is 6.04 Å². The Bertz CT molecular complexity index is 544. The van der Waals surface area contributed by atoms with E-state index < -0.39 is 0 Å². The number of para-hydroxylation sites is 2. The van der Waals surface area contributed by atoms with Gasteiger partial charge in [-0.3, -0.25) is 0 Å². The number of fused-ring (bicyclic) bond motifs is 2. The van der Waals surface area contributed by atoms with Gasteiger partial charge in [0.2, 0.25) is 0 Å². The Hall–Kier alpha value is -1.80. The van der Waals surface area contributed by atoms with E-state index in [9.17, 15) is 0 Å². The first-order chi connectivity index (χ1) is 9.81. The quantitative estimate of drug-likeness (QED) is 0.914. The molecule has 1 aliphatic rings. The minimum atomic E-state index is 0.431. The maximum atomic E-state index is 3.31. The Balaban J connectivity index is 2.13. The Morgan fingerprint density at radius 1 is 0.950 bits per heavy atom. The van der Waals surface area contributed by atoms with Crippen molar-refractivity contribution >= 4 is 11.4 Å². The number of anilines is 2. The van der Waals surface area contributed by atoms with Crippen LogP contribution in [-0.4, -0.2) is 19.6 Å². The molecule has 1 heterocycles. The lowest BCUT2D eigenvalue weighted by Crippen LogP contribution is -2.36. The maximum Gasteiger partial charge on any atom is 0.0446 e. The van der Waals surface area contributed by atoms with Crippen LogP contribution < -0.4 is 10.2 Å². The molecule has 1 N–H and O–H groups in total. The molecule has 0 spiro atoms. The number of likely N-dealkylation sites (N-methyl/N-ethyl adjacent to an activating group) is 1. The fourth-order valence-corrected chi connectivity index (χ4v) is 3.18. The standard InChI is InChI=1S/C18H22N2/c1-14(13-19-2)20-17-9-5-3-7-15(17)11-12-16-8-4-6-10-18(16)20/h3-10,14,19H,11-13H2,1-2H3. The van der Waals surface area contributed by atoms with Crippen LogP contribution in [-0.2, 0) is 12.8 Å². The highest BCUT2D eigenvalue weighted by Gasteiger charge is 2.23. The molecule has 2 heteroatoms. The van der Waals surface area contributed by atoms with Crippen molar-refractivity contribution in [3.8, 4) is 0 Å². The minimum absolute atomic E-state index is 0.431. The number of benzene rings is 2. The average Bonchev–Trinajstić information content (AvgIpc) is 2.64. The first-order valence-electron chi connectivity index (χ1n) is 7.41. The van der Waals surface area contributed by atoms with Crippen LogP contribution in [0.3, 0.4) is 0 Å². The highest BCUT2D eigenvalue weighted by molar-refractivity contribution is 5.71. The molecule has 0 saturated carbocycles. The van der Waals surface area contributed by atoms with Gasteiger partial charge >= 0.3 is 0 Å². The fraction of sp³-hybridized carbons (Fsp3) is 0.333. The van der Waals surface area contributed by atoms with E-state index in [2.05, 4.69) is 65.7 Å². The first kappa shape index (κ1) is 13.2. The smallest absolute Gasteiger partial charge is 0.0446 e. The van der Waals surface area contributed by atoms with Gasteiger partial charge < -0.3 is 10.2 Å². The van der Waals surface area contributed by atoms with Gasteiger partial charge in [-0.2, -0.15) is 0 Å². The molecule has 1 atom stereocenters.